The van der Waals surface area contributed by atoms with E-state index in [4.69, 9.17) is 14.2 Å². The van der Waals surface area contributed by atoms with E-state index in [1.165, 1.54) is 12.8 Å². The van der Waals surface area contributed by atoms with Crippen molar-refractivity contribution < 1.29 is 14.2 Å². The fraction of sp³-hybridized carbons (Fsp3) is 1.00. The van der Waals surface area contributed by atoms with E-state index in [0.29, 0.717) is 17.6 Å². The molecule has 0 saturated carbocycles. The molecule has 2 rings (SSSR count). The summed E-state index contributed by atoms with van der Waals surface area (Å²) in [6.45, 7) is 14.8. The molecule has 0 bridgehead atoms. The molecule has 0 radical (unpaired) electrons. The van der Waals surface area contributed by atoms with Crippen molar-refractivity contribution in [3.63, 3.8) is 0 Å². The summed E-state index contributed by atoms with van der Waals surface area (Å²) in [4.78, 5) is 0. The maximum atomic E-state index is 5.23. The fourth-order valence-electron chi connectivity index (χ4n) is 1.85. The van der Waals surface area contributed by atoms with Crippen LogP contribution in [0.4, 0.5) is 0 Å². The van der Waals surface area contributed by atoms with Crippen LogP contribution in [-0.4, -0.2) is 38.6 Å². The molecule has 0 aromatic rings. The summed E-state index contributed by atoms with van der Waals surface area (Å²) in [6, 6.07) is 0. The average Bonchev–Trinajstić information content (AvgIpc) is 3.10. The third kappa shape index (κ3) is 9.86. The molecule has 2 saturated heterocycles. The highest BCUT2D eigenvalue weighted by Crippen LogP contribution is 2.25. The minimum absolute atomic E-state index is 0.392. The second kappa shape index (κ2) is 7.46. The number of hydrogen-bond donors (Lipinski definition) is 0. The Bertz CT molecular complexity index is 202. The monoisotopic (exact) mass is 258 g/mol. The summed E-state index contributed by atoms with van der Waals surface area (Å²) < 4.78 is 15.1. The lowest BCUT2D eigenvalue weighted by molar-refractivity contribution is 0.102. The first kappa shape index (κ1) is 15.9. The van der Waals surface area contributed by atoms with Gasteiger partial charge in [-0.1, -0.05) is 41.0 Å². The quantitative estimate of drug-likeness (QED) is 0.686. The van der Waals surface area contributed by atoms with Gasteiger partial charge in [-0.2, -0.15) is 0 Å². The fourth-order valence-corrected chi connectivity index (χ4v) is 1.85. The van der Waals surface area contributed by atoms with Crippen LogP contribution in [0.1, 0.15) is 47.5 Å². The van der Waals surface area contributed by atoms with Gasteiger partial charge < -0.3 is 14.2 Å². The summed E-state index contributed by atoms with van der Waals surface area (Å²) in [5.74, 6) is 0.894. The van der Waals surface area contributed by atoms with Gasteiger partial charge in [0.2, 0.25) is 0 Å². The summed E-state index contributed by atoms with van der Waals surface area (Å²) in [5, 5.41) is 0. The minimum Gasteiger partial charge on any atom is -0.376 e. The third-order valence-corrected chi connectivity index (χ3v) is 3.07. The zero-order valence-corrected chi connectivity index (χ0v) is 12.7. The standard InChI is InChI=1S/C9H20.C6H10O3/c1-6-8(2)7-9(3,4)5;1(5-3-8-5)7-2-6-4-9-6/h8H,6-7H2,1-5H3;5-6H,1-4H2. The first-order valence-corrected chi connectivity index (χ1v) is 7.21. The molecule has 3 unspecified atom stereocenters. The van der Waals surface area contributed by atoms with Gasteiger partial charge in [-0.05, 0) is 17.8 Å². The molecule has 0 aliphatic carbocycles. The van der Waals surface area contributed by atoms with Crippen LogP contribution in [0.3, 0.4) is 0 Å². The topological polar surface area (TPSA) is 34.3 Å². The summed E-state index contributed by atoms with van der Waals surface area (Å²) in [7, 11) is 0. The van der Waals surface area contributed by atoms with Crippen molar-refractivity contribution in [1.82, 2.24) is 0 Å². The molecule has 2 fully saturated rings. The van der Waals surface area contributed by atoms with Crippen molar-refractivity contribution in [2.75, 3.05) is 26.4 Å². The Balaban J connectivity index is 0.000000180. The highest BCUT2D eigenvalue weighted by molar-refractivity contribution is 4.71. The van der Waals surface area contributed by atoms with Gasteiger partial charge in [-0.15, -0.1) is 0 Å². The molecule has 2 heterocycles. The number of hydrogen-bond acceptors (Lipinski definition) is 3. The molecule has 3 heteroatoms. The Hall–Kier alpha value is -0.120. The van der Waals surface area contributed by atoms with Gasteiger partial charge >= 0.3 is 0 Å². The summed E-state index contributed by atoms with van der Waals surface area (Å²) in [6.07, 6.45) is 3.45. The first-order valence-electron chi connectivity index (χ1n) is 7.21. The van der Waals surface area contributed by atoms with Gasteiger partial charge in [0, 0.05) is 0 Å². The van der Waals surface area contributed by atoms with Gasteiger partial charge in [-0.25, -0.2) is 0 Å². The van der Waals surface area contributed by atoms with E-state index in [-0.39, 0.29) is 0 Å². The lowest BCUT2D eigenvalue weighted by Gasteiger charge is -2.21. The predicted octanol–water partition coefficient (Wildman–Crippen LogP) is 3.27. The number of epoxide rings is 2. The SMILES string of the molecule is C(OCC1CO1)C1CO1.CCC(C)CC(C)(C)C. The van der Waals surface area contributed by atoms with Crippen molar-refractivity contribution in [2.45, 2.75) is 59.7 Å². The average molecular weight is 258 g/mol. The highest BCUT2D eigenvalue weighted by atomic mass is 16.6. The molecule has 0 N–H and O–H groups in total. The molecule has 2 aliphatic heterocycles. The van der Waals surface area contributed by atoms with E-state index in [1.807, 2.05) is 0 Å². The van der Waals surface area contributed by atoms with Crippen molar-refractivity contribution in [2.24, 2.45) is 11.3 Å². The molecule has 3 nitrogen and oxygen atoms in total. The van der Waals surface area contributed by atoms with Crippen LogP contribution in [-0.2, 0) is 14.2 Å². The summed E-state index contributed by atoms with van der Waals surface area (Å²) in [5.41, 5.74) is 0.523. The van der Waals surface area contributed by atoms with E-state index < -0.39 is 0 Å². The Morgan fingerprint density at radius 2 is 1.56 bits per heavy atom. The van der Waals surface area contributed by atoms with Gasteiger partial charge in [0.1, 0.15) is 12.2 Å². The molecule has 2 aliphatic rings. The third-order valence-electron chi connectivity index (χ3n) is 3.07. The Morgan fingerprint density at radius 3 is 1.78 bits per heavy atom. The number of ether oxygens (including phenoxy) is 3. The minimum atomic E-state index is 0.392. The lowest BCUT2D eigenvalue weighted by Crippen LogP contribution is -2.09. The zero-order chi connectivity index (χ0) is 13.6. The Kier molecular flexibility index (Phi) is 6.61. The van der Waals surface area contributed by atoms with E-state index in [0.717, 1.165) is 32.3 Å². The van der Waals surface area contributed by atoms with E-state index in [1.54, 1.807) is 0 Å². The molecule has 0 amide bonds. The molecule has 3 atom stereocenters. The maximum absolute atomic E-state index is 5.23. The summed E-state index contributed by atoms with van der Waals surface area (Å²) >= 11 is 0. The van der Waals surface area contributed by atoms with Crippen LogP contribution in [0, 0.1) is 11.3 Å². The first-order chi connectivity index (χ1) is 8.40. The van der Waals surface area contributed by atoms with Crippen molar-refractivity contribution in [3.05, 3.63) is 0 Å². The molecular formula is C15H30O3. The number of rotatable bonds is 6. The molecule has 108 valence electrons. The second-order valence-corrected chi connectivity index (χ2v) is 6.73. The maximum Gasteiger partial charge on any atom is 0.104 e. The van der Waals surface area contributed by atoms with Crippen molar-refractivity contribution >= 4 is 0 Å². The van der Waals surface area contributed by atoms with Gasteiger partial charge in [0.25, 0.3) is 0 Å². The lowest BCUT2D eigenvalue weighted by atomic mass is 9.84. The Labute approximate surface area is 112 Å². The van der Waals surface area contributed by atoms with E-state index in [2.05, 4.69) is 34.6 Å². The van der Waals surface area contributed by atoms with Crippen LogP contribution in [0.5, 0.6) is 0 Å². The van der Waals surface area contributed by atoms with Crippen molar-refractivity contribution in [3.8, 4) is 0 Å². The Morgan fingerprint density at radius 1 is 1.11 bits per heavy atom. The molecule has 0 aromatic carbocycles. The molecule has 18 heavy (non-hydrogen) atoms. The second-order valence-electron chi connectivity index (χ2n) is 6.73. The van der Waals surface area contributed by atoms with Gasteiger partial charge in [0.15, 0.2) is 0 Å². The smallest absolute Gasteiger partial charge is 0.104 e. The van der Waals surface area contributed by atoms with Crippen LogP contribution in [0.2, 0.25) is 0 Å². The van der Waals surface area contributed by atoms with Crippen molar-refractivity contribution in [1.29, 1.82) is 0 Å². The largest absolute Gasteiger partial charge is 0.376 e. The molecule has 0 aromatic heterocycles. The highest BCUT2D eigenvalue weighted by Gasteiger charge is 2.26. The van der Waals surface area contributed by atoms with Crippen LogP contribution >= 0.6 is 0 Å². The van der Waals surface area contributed by atoms with Crippen LogP contribution < -0.4 is 0 Å². The van der Waals surface area contributed by atoms with Gasteiger partial charge in [0.05, 0.1) is 26.4 Å². The van der Waals surface area contributed by atoms with E-state index in [9.17, 15) is 0 Å². The van der Waals surface area contributed by atoms with Crippen LogP contribution in [0.15, 0.2) is 0 Å². The predicted molar refractivity (Wildman–Crippen MR) is 73.8 cm³/mol. The van der Waals surface area contributed by atoms with Gasteiger partial charge in [-0.3, -0.25) is 0 Å². The molecule has 0 spiro atoms. The normalized spacial score (nSPS) is 27.2. The van der Waals surface area contributed by atoms with E-state index >= 15 is 0 Å². The zero-order valence-electron chi connectivity index (χ0n) is 12.7. The molecular weight excluding hydrogens is 228 g/mol. The van der Waals surface area contributed by atoms with Crippen LogP contribution in [0.25, 0.3) is 0 Å².